The van der Waals surface area contributed by atoms with Gasteiger partial charge in [-0.3, -0.25) is 9.59 Å². The Morgan fingerprint density at radius 1 is 1.09 bits per heavy atom. The van der Waals surface area contributed by atoms with Crippen LogP contribution < -0.4 is 19.9 Å². The van der Waals surface area contributed by atoms with Crippen molar-refractivity contribution in [2.45, 2.75) is 50.6 Å². The average molecular weight is 773 g/mol. The highest BCUT2D eigenvalue weighted by Gasteiger charge is 2.51. The Kier molecular flexibility index (Phi) is 10.0. The normalized spacial score (nSPS) is 23.0. The highest BCUT2D eigenvalue weighted by Crippen LogP contribution is 2.51. The molecule has 14 nitrogen and oxygen atoms in total. The highest BCUT2D eigenvalue weighted by molar-refractivity contribution is 6.04. The van der Waals surface area contributed by atoms with Crippen molar-refractivity contribution in [1.82, 2.24) is 24.8 Å². The van der Waals surface area contributed by atoms with E-state index < -0.39 is 11.6 Å². The molecule has 2 aromatic carbocycles. The number of quaternary nitrogens is 1. The van der Waals surface area contributed by atoms with Crippen LogP contribution in [0.25, 0.3) is 32.9 Å². The van der Waals surface area contributed by atoms with Crippen molar-refractivity contribution >= 4 is 39.9 Å². The first-order valence-electron chi connectivity index (χ1n) is 18.9. The lowest BCUT2D eigenvalue weighted by atomic mass is 9.95. The first-order valence-corrected chi connectivity index (χ1v) is 18.9. The van der Waals surface area contributed by atoms with Crippen LogP contribution in [0, 0.1) is 41.2 Å². The summed E-state index contributed by atoms with van der Waals surface area (Å²) < 4.78 is 44.5. The van der Waals surface area contributed by atoms with Crippen molar-refractivity contribution in [2.24, 2.45) is 17.3 Å². The molecule has 4 unspecified atom stereocenters. The molecule has 56 heavy (non-hydrogen) atoms. The maximum Gasteiger partial charge on any atom is 0.319 e. The number of methoxy groups -OCH3 is 1. The van der Waals surface area contributed by atoms with Crippen molar-refractivity contribution in [3.8, 4) is 41.2 Å². The molecule has 4 atom stereocenters. The van der Waals surface area contributed by atoms with Gasteiger partial charge < -0.3 is 34.4 Å². The number of piperazine rings is 1. The van der Waals surface area contributed by atoms with Crippen molar-refractivity contribution in [3.63, 3.8) is 0 Å². The molecule has 2 bridgehead atoms. The molecule has 9 rings (SSSR count). The molecule has 1 amide bonds. The van der Waals surface area contributed by atoms with E-state index in [2.05, 4.69) is 20.8 Å². The molecule has 5 heterocycles. The number of amides is 1. The Balaban J connectivity index is 0.00000143. The van der Waals surface area contributed by atoms with Crippen LogP contribution in [0.5, 0.6) is 17.6 Å². The third kappa shape index (κ3) is 6.88. The number of likely N-dealkylation sites (tertiary alicyclic amines) is 1. The van der Waals surface area contributed by atoms with Crippen LogP contribution in [0.15, 0.2) is 24.3 Å². The maximum absolute atomic E-state index is 17.3. The number of fused-ring (bicyclic) bond motifs is 5. The predicted octanol–water partition coefficient (Wildman–Crippen LogP) is 3.15. The van der Waals surface area contributed by atoms with Crippen LogP contribution in [0.3, 0.4) is 0 Å². The van der Waals surface area contributed by atoms with Crippen LogP contribution in [0.4, 0.5) is 14.6 Å². The van der Waals surface area contributed by atoms with Gasteiger partial charge in [-0.25, -0.2) is 24.5 Å². The summed E-state index contributed by atoms with van der Waals surface area (Å²) in [6.45, 7) is 4.51. The molecule has 16 heteroatoms. The number of benzene rings is 2. The van der Waals surface area contributed by atoms with Crippen LogP contribution in [0.1, 0.15) is 44.1 Å². The number of hydroxylamine groups is 1. The zero-order valence-corrected chi connectivity index (χ0v) is 31.0. The predicted molar refractivity (Wildman–Crippen MR) is 199 cm³/mol. The number of aromatic hydroxyl groups is 1. The van der Waals surface area contributed by atoms with Crippen molar-refractivity contribution < 1.29 is 48.7 Å². The fourth-order valence-electron chi connectivity index (χ4n) is 9.12. The van der Waals surface area contributed by atoms with Crippen LogP contribution in [0.2, 0.25) is 0 Å². The number of carbonyl (C=O) groups is 2. The molecule has 294 valence electrons. The number of carboxylic acid groups (broad SMARTS) is 1. The molecule has 2 saturated carbocycles. The third-order valence-electron chi connectivity index (χ3n) is 12.0. The third-order valence-corrected chi connectivity index (χ3v) is 12.0. The summed E-state index contributed by atoms with van der Waals surface area (Å²) in [7, 11) is 1.42. The Hall–Kier alpha value is -5.37. The summed E-state index contributed by atoms with van der Waals surface area (Å²) in [4.78, 5) is 42.2. The Morgan fingerprint density at radius 2 is 1.80 bits per heavy atom. The second-order valence-corrected chi connectivity index (χ2v) is 15.7. The van der Waals surface area contributed by atoms with E-state index in [1.807, 2.05) is 9.80 Å². The number of phenolic OH excluding ortho intramolecular Hbond substituents is 1. The molecule has 5 N–H and O–H groups in total. The van der Waals surface area contributed by atoms with Crippen molar-refractivity contribution in [2.75, 3.05) is 57.9 Å². The van der Waals surface area contributed by atoms with E-state index in [0.29, 0.717) is 30.9 Å². The highest BCUT2D eigenvalue weighted by atomic mass is 19.1. The number of anilines is 1. The summed E-state index contributed by atoms with van der Waals surface area (Å²) in [6.07, 6.45) is 11.0. The number of carbonyl (C=O) groups excluding carboxylic acids is 1. The quantitative estimate of drug-likeness (QED) is 0.0997. The van der Waals surface area contributed by atoms with Gasteiger partial charge in [0.05, 0.1) is 25.7 Å². The SMILES string of the molecule is C#Cc1c(F)ccc2cc(O)cc(-c3nc(OC)c4c(N5CC6CCC(C5)N6C(=O)CC[NH2+]O)nc(OCC5(CN6CC7CC7C6)CC5)nc4c3F)c12.O=CO. The fourth-order valence-corrected chi connectivity index (χ4v) is 9.12. The van der Waals surface area contributed by atoms with Crippen molar-refractivity contribution in [3.05, 3.63) is 41.5 Å². The summed E-state index contributed by atoms with van der Waals surface area (Å²) >= 11 is 0. The molecule has 0 spiro atoms. The number of phenols is 1. The first-order chi connectivity index (χ1) is 27.1. The van der Waals surface area contributed by atoms with Gasteiger partial charge in [0.25, 0.3) is 6.47 Å². The number of hydrogen-bond acceptors (Lipinski definition) is 11. The van der Waals surface area contributed by atoms with E-state index in [1.54, 1.807) is 0 Å². The number of piperidine rings is 1. The van der Waals surface area contributed by atoms with Gasteiger partial charge in [-0.2, -0.15) is 9.97 Å². The van der Waals surface area contributed by atoms with Gasteiger partial charge in [-0.1, -0.05) is 12.0 Å². The van der Waals surface area contributed by atoms with Crippen molar-refractivity contribution in [1.29, 1.82) is 0 Å². The smallest absolute Gasteiger partial charge is 0.319 e. The maximum atomic E-state index is 17.3. The number of ether oxygens (including phenoxy) is 2. The van der Waals surface area contributed by atoms with E-state index >= 15 is 8.78 Å². The van der Waals surface area contributed by atoms with Crippen LogP contribution in [-0.2, 0) is 9.59 Å². The van der Waals surface area contributed by atoms with Gasteiger partial charge in [0.2, 0.25) is 11.8 Å². The molecule has 3 aliphatic heterocycles. The fraction of sp³-hybridized carbons (Fsp3) is 0.475. The van der Waals surface area contributed by atoms with E-state index in [1.165, 1.54) is 37.8 Å². The summed E-state index contributed by atoms with van der Waals surface area (Å²) in [5.41, 5.74) is 0.664. The molecule has 2 aliphatic carbocycles. The van der Waals surface area contributed by atoms with Gasteiger partial charge in [0, 0.05) is 61.2 Å². The second-order valence-electron chi connectivity index (χ2n) is 15.7. The molecule has 5 aliphatic rings. The summed E-state index contributed by atoms with van der Waals surface area (Å²) in [5, 5.41) is 27.7. The number of terminal acetylenes is 1. The van der Waals surface area contributed by atoms with E-state index in [4.69, 9.17) is 30.8 Å². The molecule has 4 aromatic rings. The molecular weight excluding hydrogens is 728 g/mol. The lowest BCUT2D eigenvalue weighted by Crippen LogP contribution is -2.81. The number of nitrogens with two attached hydrogens (primary N) is 1. The summed E-state index contributed by atoms with van der Waals surface area (Å²) in [6, 6.07) is 5.23. The summed E-state index contributed by atoms with van der Waals surface area (Å²) in [5.74, 6) is 2.76. The van der Waals surface area contributed by atoms with Gasteiger partial charge in [-0.05, 0) is 67.5 Å². The average Bonchev–Trinajstić information content (AvgIpc) is 4.07. The minimum Gasteiger partial charge on any atom is -0.508 e. The molecule has 2 aromatic heterocycles. The topological polar surface area (TPSA) is 178 Å². The van der Waals surface area contributed by atoms with E-state index in [0.717, 1.165) is 62.6 Å². The zero-order chi connectivity index (χ0) is 39.3. The molecule has 0 radical (unpaired) electrons. The minimum atomic E-state index is -0.831. The standard InChI is InChI=1S/C39H41F2N7O5.CH2O2/c1-3-27-29(40)7-4-21-13-26(49)14-28(31(21)27)34-33(41)35-32(37(43-34)52-2)36(47-17-24-5-6-25(18-47)48(24)30(50)8-11-42-51)45-38(44-35)53-20-39(9-10-39)19-46-15-22-12-23(22)16-46;2-1-3/h1,4,7,13-14,22-25,42,49,51H,5-6,8-12,15-20H2,2H3;1H,(H,2,3)/p+1. The number of hydrogen-bond donors (Lipinski definition) is 4. The minimum absolute atomic E-state index is 0.0117. The zero-order valence-electron chi connectivity index (χ0n) is 31.0. The second kappa shape index (κ2) is 14.9. The lowest BCUT2D eigenvalue weighted by Gasteiger charge is -2.41. The van der Waals surface area contributed by atoms with Gasteiger partial charge >= 0.3 is 6.01 Å². The number of aromatic nitrogens is 3. The van der Waals surface area contributed by atoms with E-state index in [9.17, 15) is 15.1 Å². The Labute approximate surface area is 321 Å². The molecular formula is C40H44F2N7O7+. The number of halogens is 2. The number of rotatable bonds is 11. The van der Waals surface area contributed by atoms with Crippen LogP contribution >= 0.6 is 0 Å². The largest absolute Gasteiger partial charge is 0.508 e. The number of pyridine rings is 1. The Bertz CT molecular complexity index is 2230. The van der Waals surface area contributed by atoms with Gasteiger partial charge in [0.15, 0.2) is 5.82 Å². The Morgan fingerprint density at radius 3 is 2.45 bits per heavy atom. The molecule has 5 fully saturated rings. The molecule has 3 saturated heterocycles. The van der Waals surface area contributed by atoms with Gasteiger partial charge in [-0.15, -0.1) is 6.42 Å². The first kappa shape index (κ1) is 37.5. The lowest BCUT2D eigenvalue weighted by molar-refractivity contribution is -0.885. The monoisotopic (exact) mass is 772 g/mol. The van der Waals surface area contributed by atoms with Gasteiger partial charge in [0.1, 0.15) is 40.5 Å². The number of nitrogens with zero attached hydrogens (tertiary/aromatic N) is 6. The van der Waals surface area contributed by atoms with E-state index in [-0.39, 0.29) is 93.6 Å². The van der Waals surface area contributed by atoms with Crippen LogP contribution in [-0.4, -0.2) is 118 Å².